The number of pyridine rings is 1. The fraction of sp³-hybridized carbons (Fsp3) is 0.308. The minimum Gasteiger partial charge on any atom is -0.338 e. The van der Waals surface area contributed by atoms with Crippen molar-refractivity contribution in [1.29, 1.82) is 0 Å². The molecule has 0 N–H and O–H groups in total. The summed E-state index contributed by atoms with van der Waals surface area (Å²) in [7, 11) is 0. The Kier molecular flexibility index (Phi) is 5.52. The summed E-state index contributed by atoms with van der Waals surface area (Å²) in [5.41, 5.74) is 0.513. The van der Waals surface area contributed by atoms with Gasteiger partial charge in [0.05, 0.1) is 5.56 Å². The molecular weight excluding hydrogens is 252 g/mol. The van der Waals surface area contributed by atoms with Crippen molar-refractivity contribution in [3.05, 3.63) is 42.2 Å². The first-order valence-electron chi connectivity index (χ1n) is 5.59. The Bertz CT molecular complexity index is 421. The molecule has 1 aromatic rings. The molecule has 1 aromatic heterocycles. The summed E-state index contributed by atoms with van der Waals surface area (Å²) < 4.78 is 0. The topological polar surface area (TPSA) is 50.3 Å². The molecule has 0 atom stereocenters. The summed E-state index contributed by atoms with van der Waals surface area (Å²) in [5, 5.41) is 0.366. The first-order chi connectivity index (χ1) is 8.66. The lowest BCUT2D eigenvalue weighted by molar-refractivity contribution is -0.120. The maximum Gasteiger partial charge on any atom is 0.255 e. The zero-order chi connectivity index (χ0) is 13.5. The number of hydrogen-bond donors (Lipinski definition) is 0. The van der Waals surface area contributed by atoms with Crippen molar-refractivity contribution in [3.63, 3.8) is 0 Å². The van der Waals surface area contributed by atoms with Gasteiger partial charge < -0.3 is 4.90 Å². The summed E-state index contributed by atoms with van der Waals surface area (Å²) in [5.74, 6) is 0.134. The van der Waals surface area contributed by atoms with E-state index in [1.165, 1.54) is 6.20 Å². The molecule has 2 rings (SSSR count). The molecule has 4 nitrogen and oxygen atoms in total. The van der Waals surface area contributed by atoms with Crippen molar-refractivity contribution in [2.24, 2.45) is 0 Å². The van der Waals surface area contributed by atoms with Gasteiger partial charge >= 0.3 is 0 Å². The molecule has 0 spiro atoms. The quantitative estimate of drug-likeness (QED) is 0.579. The van der Waals surface area contributed by atoms with Gasteiger partial charge in [-0.3, -0.25) is 9.59 Å². The number of aromatic nitrogens is 1. The van der Waals surface area contributed by atoms with Crippen LogP contribution >= 0.6 is 11.6 Å². The van der Waals surface area contributed by atoms with Gasteiger partial charge in [0, 0.05) is 32.1 Å². The van der Waals surface area contributed by atoms with E-state index in [0.29, 0.717) is 36.6 Å². The highest BCUT2D eigenvalue weighted by atomic mass is 35.5. The van der Waals surface area contributed by atoms with Crippen LogP contribution < -0.4 is 0 Å². The average molecular weight is 267 g/mol. The molecule has 0 unspecified atom stereocenters. The zero-order valence-electron chi connectivity index (χ0n) is 10.1. The van der Waals surface area contributed by atoms with E-state index in [-0.39, 0.29) is 11.7 Å². The molecule has 1 aliphatic rings. The molecule has 2 heterocycles. The van der Waals surface area contributed by atoms with Gasteiger partial charge in [-0.25, -0.2) is 4.98 Å². The second kappa shape index (κ2) is 6.91. The number of rotatable bonds is 1. The lowest BCUT2D eigenvalue weighted by Crippen LogP contribution is -2.38. The maximum absolute atomic E-state index is 11.9. The van der Waals surface area contributed by atoms with Crippen molar-refractivity contribution in [1.82, 2.24) is 9.88 Å². The molecule has 1 amide bonds. The Balaban J connectivity index is 0.000000771. The Labute approximate surface area is 111 Å². The predicted molar refractivity (Wildman–Crippen MR) is 70.6 cm³/mol. The predicted octanol–water partition coefficient (Wildman–Crippen LogP) is 2.34. The first-order valence-corrected chi connectivity index (χ1v) is 5.97. The summed E-state index contributed by atoms with van der Waals surface area (Å²) in [6, 6.07) is 3.23. The van der Waals surface area contributed by atoms with Crippen LogP contribution in [-0.2, 0) is 4.79 Å². The van der Waals surface area contributed by atoms with Gasteiger partial charge in [-0.1, -0.05) is 11.6 Å². The largest absolute Gasteiger partial charge is 0.338 e. The van der Waals surface area contributed by atoms with E-state index in [1.54, 1.807) is 17.0 Å². The highest BCUT2D eigenvalue weighted by Gasteiger charge is 2.21. The van der Waals surface area contributed by atoms with Gasteiger partial charge in [-0.15, -0.1) is 13.2 Å². The van der Waals surface area contributed by atoms with Crippen LogP contribution in [-0.4, -0.2) is 34.7 Å². The number of halogens is 1. The molecular formula is C13H15ClN2O2. The molecule has 5 heteroatoms. The van der Waals surface area contributed by atoms with Gasteiger partial charge in [-0.2, -0.15) is 0 Å². The summed E-state index contributed by atoms with van der Waals surface area (Å²) in [6.07, 6.45) is 2.36. The van der Waals surface area contributed by atoms with E-state index in [0.717, 1.165) is 0 Å². The normalized spacial score (nSPS) is 14.7. The van der Waals surface area contributed by atoms with Gasteiger partial charge in [0.25, 0.3) is 5.91 Å². The Morgan fingerprint density at radius 1 is 1.28 bits per heavy atom. The zero-order valence-corrected chi connectivity index (χ0v) is 10.8. The van der Waals surface area contributed by atoms with E-state index in [4.69, 9.17) is 11.6 Å². The molecule has 0 aliphatic carbocycles. The van der Waals surface area contributed by atoms with Crippen LogP contribution in [0.2, 0.25) is 5.15 Å². The third-order valence-corrected chi connectivity index (χ3v) is 2.81. The summed E-state index contributed by atoms with van der Waals surface area (Å²) >= 11 is 5.64. The van der Waals surface area contributed by atoms with Crippen LogP contribution in [0.3, 0.4) is 0 Å². The minimum absolute atomic E-state index is 0.0864. The molecule has 1 saturated heterocycles. The fourth-order valence-corrected chi connectivity index (χ4v) is 1.76. The van der Waals surface area contributed by atoms with Crippen LogP contribution in [0.5, 0.6) is 0 Å². The van der Waals surface area contributed by atoms with Crippen molar-refractivity contribution in [2.75, 3.05) is 13.1 Å². The number of likely N-dealkylation sites (tertiary alicyclic amines) is 1. The average Bonchev–Trinajstić information content (AvgIpc) is 2.42. The van der Waals surface area contributed by atoms with Crippen LogP contribution in [0.1, 0.15) is 23.2 Å². The lowest BCUT2D eigenvalue weighted by Gasteiger charge is -2.25. The number of hydrogen-bond acceptors (Lipinski definition) is 3. The number of amides is 1. The van der Waals surface area contributed by atoms with Crippen LogP contribution in [0.25, 0.3) is 0 Å². The molecule has 96 valence electrons. The molecule has 0 bridgehead atoms. The van der Waals surface area contributed by atoms with Crippen LogP contribution in [0, 0.1) is 0 Å². The van der Waals surface area contributed by atoms with Crippen LogP contribution in [0.4, 0.5) is 0 Å². The Morgan fingerprint density at radius 2 is 1.89 bits per heavy atom. The van der Waals surface area contributed by atoms with Crippen molar-refractivity contribution in [2.45, 2.75) is 12.8 Å². The van der Waals surface area contributed by atoms with E-state index in [1.807, 2.05) is 0 Å². The molecule has 1 aliphatic heterocycles. The number of ketones is 1. The first kappa shape index (κ1) is 14.4. The molecule has 18 heavy (non-hydrogen) atoms. The Hall–Kier alpha value is -1.68. The monoisotopic (exact) mass is 266 g/mol. The third kappa shape index (κ3) is 3.67. The Morgan fingerprint density at radius 3 is 2.39 bits per heavy atom. The number of Topliss-reactive ketones (excluding diaryl/α,β-unsaturated/α-hetero) is 1. The van der Waals surface area contributed by atoms with E-state index >= 15 is 0 Å². The molecule has 0 aromatic carbocycles. The van der Waals surface area contributed by atoms with Crippen molar-refractivity contribution >= 4 is 23.3 Å². The van der Waals surface area contributed by atoms with Crippen LogP contribution in [0.15, 0.2) is 31.5 Å². The van der Waals surface area contributed by atoms with E-state index in [9.17, 15) is 9.59 Å². The number of carbonyl (C=O) groups is 2. The summed E-state index contributed by atoms with van der Waals surface area (Å²) in [6.45, 7) is 7.00. The number of carbonyl (C=O) groups excluding carboxylic acids is 2. The van der Waals surface area contributed by atoms with E-state index in [2.05, 4.69) is 18.1 Å². The second-order valence-electron chi connectivity index (χ2n) is 3.70. The highest BCUT2D eigenvalue weighted by Crippen LogP contribution is 2.12. The third-order valence-electron chi connectivity index (χ3n) is 2.58. The standard InChI is InChI=1S/C11H11ClN2O2.C2H4/c12-10-2-1-8(7-13-10)11(16)14-5-3-9(15)4-6-14;1-2/h1-2,7H,3-6H2;1-2H2. The number of piperidine rings is 1. The highest BCUT2D eigenvalue weighted by molar-refractivity contribution is 6.29. The van der Waals surface area contributed by atoms with Crippen molar-refractivity contribution in [3.8, 4) is 0 Å². The van der Waals surface area contributed by atoms with Gasteiger partial charge in [0.1, 0.15) is 10.9 Å². The minimum atomic E-state index is -0.0864. The smallest absolute Gasteiger partial charge is 0.255 e. The second-order valence-corrected chi connectivity index (χ2v) is 4.09. The van der Waals surface area contributed by atoms with Gasteiger partial charge in [0.15, 0.2) is 0 Å². The van der Waals surface area contributed by atoms with Gasteiger partial charge in [0.2, 0.25) is 0 Å². The molecule has 0 radical (unpaired) electrons. The van der Waals surface area contributed by atoms with Gasteiger partial charge in [-0.05, 0) is 12.1 Å². The SMILES string of the molecule is C=C.O=C1CCN(C(=O)c2ccc(Cl)nc2)CC1. The number of nitrogens with zero attached hydrogens (tertiary/aromatic N) is 2. The van der Waals surface area contributed by atoms with Crippen molar-refractivity contribution < 1.29 is 9.59 Å². The van der Waals surface area contributed by atoms with E-state index < -0.39 is 0 Å². The lowest BCUT2D eigenvalue weighted by atomic mass is 10.1. The molecule has 0 saturated carbocycles. The summed E-state index contributed by atoms with van der Waals surface area (Å²) in [4.78, 5) is 28.5. The molecule has 1 fully saturated rings. The maximum atomic E-state index is 11.9. The fourth-order valence-electron chi connectivity index (χ4n) is 1.64.